The van der Waals surface area contributed by atoms with Crippen LogP contribution in [0, 0.1) is 11.8 Å². The van der Waals surface area contributed by atoms with Crippen molar-refractivity contribution in [2.75, 3.05) is 0 Å². The minimum absolute atomic E-state index is 0.00158. The van der Waals surface area contributed by atoms with Gasteiger partial charge in [-0.1, -0.05) is 27.2 Å². The molecule has 0 aromatic carbocycles. The number of likely N-dealkylation sites (tertiary alicyclic amines) is 1. The number of amides is 1. The van der Waals surface area contributed by atoms with Gasteiger partial charge in [0.15, 0.2) is 8.32 Å². The van der Waals surface area contributed by atoms with Gasteiger partial charge in [0.25, 0.3) is 0 Å². The Bertz CT molecular complexity index is 578. The fourth-order valence-electron chi connectivity index (χ4n) is 4.39. The molecule has 1 aliphatic carbocycles. The van der Waals surface area contributed by atoms with Crippen molar-refractivity contribution in [3.05, 3.63) is 0 Å². The number of carbonyl (C=O) groups is 2. The van der Waals surface area contributed by atoms with E-state index in [4.69, 9.17) is 9.16 Å². The van der Waals surface area contributed by atoms with Gasteiger partial charge in [0.2, 0.25) is 0 Å². The Kier molecular flexibility index (Phi) is 6.76. The predicted molar refractivity (Wildman–Crippen MR) is 115 cm³/mol. The molecule has 1 amide bonds. The average Bonchev–Trinajstić information content (AvgIpc) is 2.52. The van der Waals surface area contributed by atoms with Gasteiger partial charge in [0.1, 0.15) is 11.9 Å². The highest BCUT2D eigenvalue weighted by atomic mass is 28.4. The van der Waals surface area contributed by atoms with Crippen LogP contribution >= 0.6 is 0 Å². The smallest absolute Gasteiger partial charge is 0.410 e. The molecule has 1 saturated heterocycles. The zero-order valence-corrected chi connectivity index (χ0v) is 20.4. The van der Waals surface area contributed by atoms with Crippen LogP contribution in [0.15, 0.2) is 0 Å². The van der Waals surface area contributed by atoms with E-state index in [1.807, 2.05) is 25.7 Å². The average molecular weight is 412 g/mol. The van der Waals surface area contributed by atoms with Crippen molar-refractivity contribution in [3.8, 4) is 0 Å². The van der Waals surface area contributed by atoms with E-state index in [0.29, 0.717) is 0 Å². The van der Waals surface area contributed by atoms with Crippen molar-refractivity contribution < 1.29 is 18.8 Å². The van der Waals surface area contributed by atoms with Gasteiger partial charge in [-0.3, -0.25) is 4.90 Å². The standard InChI is InChI=1S/C22H41NO4Si/c1-15-19(27-28(8,9)22(5,6)7)13-17-16(14-24)11-10-12-18(17)23(15)20(25)26-21(2,3)4/h14-19H,10-13H2,1-9H3/t15-,16-,17+,18-,19+/m0/s1. The van der Waals surface area contributed by atoms with Gasteiger partial charge in [-0.05, 0) is 71.0 Å². The van der Waals surface area contributed by atoms with E-state index in [1.165, 1.54) is 0 Å². The normalized spacial score (nSPS) is 31.9. The summed E-state index contributed by atoms with van der Waals surface area (Å²) in [6, 6.07) is 0.00342. The van der Waals surface area contributed by atoms with Crippen LogP contribution in [0.1, 0.15) is 74.1 Å². The van der Waals surface area contributed by atoms with Gasteiger partial charge >= 0.3 is 6.09 Å². The molecule has 28 heavy (non-hydrogen) atoms. The van der Waals surface area contributed by atoms with Crippen LogP contribution in [0.5, 0.6) is 0 Å². The van der Waals surface area contributed by atoms with Crippen molar-refractivity contribution in [2.45, 2.75) is 116 Å². The Morgan fingerprint density at radius 3 is 2.21 bits per heavy atom. The van der Waals surface area contributed by atoms with Crippen molar-refractivity contribution in [1.82, 2.24) is 4.90 Å². The molecular formula is C22H41NO4Si. The lowest BCUT2D eigenvalue weighted by Gasteiger charge is -2.54. The van der Waals surface area contributed by atoms with E-state index in [0.717, 1.165) is 32.0 Å². The van der Waals surface area contributed by atoms with Gasteiger partial charge in [-0.15, -0.1) is 0 Å². The maximum absolute atomic E-state index is 13.2. The zero-order chi connectivity index (χ0) is 21.5. The zero-order valence-electron chi connectivity index (χ0n) is 19.4. The van der Waals surface area contributed by atoms with E-state index in [-0.39, 0.29) is 41.2 Å². The second-order valence-corrected chi connectivity index (χ2v) is 16.0. The van der Waals surface area contributed by atoms with Crippen molar-refractivity contribution in [2.24, 2.45) is 11.8 Å². The van der Waals surface area contributed by atoms with E-state index in [9.17, 15) is 9.59 Å². The first-order chi connectivity index (χ1) is 12.7. The molecule has 6 heteroatoms. The largest absolute Gasteiger partial charge is 0.444 e. The molecule has 0 spiro atoms. The third-order valence-corrected chi connectivity index (χ3v) is 11.5. The van der Waals surface area contributed by atoms with Gasteiger partial charge in [0, 0.05) is 12.0 Å². The van der Waals surface area contributed by atoms with Gasteiger partial charge in [-0.2, -0.15) is 0 Å². The predicted octanol–water partition coefficient (Wildman–Crippen LogP) is 5.39. The molecule has 2 fully saturated rings. The highest BCUT2D eigenvalue weighted by Crippen LogP contribution is 2.45. The molecule has 5 atom stereocenters. The van der Waals surface area contributed by atoms with E-state index < -0.39 is 13.9 Å². The maximum Gasteiger partial charge on any atom is 0.410 e. The summed E-state index contributed by atoms with van der Waals surface area (Å²) in [6.45, 7) is 19.0. The van der Waals surface area contributed by atoms with Gasteiger partial charge in [-0.25, -0.2) is 4.79 Å². The molecule has 0 radical (unpaired) electrons. The molecule has 0 aromatic heterocycles. The molecule has 2 aliphatic rings. The molecule has 1 saturated carbocycles. The lowest BCUT2D eigenvalue weighted by atomic mass is 9.70. The summed E-state index contributed by atoms with van der Waals surface area (Å²) in [4.78, 5) is 26.8. The Balaban J connectivity index is 2.35. The Morgan fingerprint density at radius 1 is 1.11 bits per heavy atom. The van der Waals surface area contributed by atoms with Crippen LogP contribution < -0.4 is 0 Å². The lowest BCUT2D eigenvalue weighted by molar-refractivity contribution is -0.120. The summed E-state index contributed by atoms with van der Waals surface area (Å²) >= 11 is 0. The minimum Gasteiger partial charge on any atom is -0.444 e. The summed E-state index contributed by atoms with van der Waals surface area (Å²) in [6.07, 6.45) is 4.44. The number of fused-ring (bicyclic) bond motifs is 1. The van der Waals surface area contributed by atoms with Crippen LogP contribution in [0.2, 0.25) is 18.1 Å². The fraction of sp³-hybridized carbons (Fsp3) is 0.909. The Hall–Kier alpha value is -0.883. The molecule has 2 rings (SSSR count). The summed E-state index contributed by atoms with van der Waals surface area (Å²) in [5.74, 6) is 0.159. The van der Waals surface area contributed by atoms with Crippen molar-refractivity contribution in [1.29, 1.82) is 0 Å². The number of carbonyl (C=O) groups excluding carboxylic acids is 2. The first-order valence-electron chi connectivity index (χ1n) is 10.8. The Morgan fingerprint density at radius 2 is 1.71 bits per heavy atom. The molecule has 0 unspecified atom stereocenters. The first-order valence-corrected chi connectivity index (χ1v) is 13.7. The van der Waals surface area contributed by atoms with Crippen LogP contribution in [-0.4, -0.2) is 49.4 Å². The second kappa shape index (κ2) is 8.09. The first kappa shape index (κ1) is 23.4. The summed E-state index contributed by atoms with van der Waals surface area (Å²) < 4.78 is 12.5. The highest BCUT2D eigenvalue weighted by molar-refractivity contribution is 6.74. The molecule has 0 N–H and O–H groups in total. The monoisotopic (exact) mass is 411 g/mol. The summed E-state index contributed by atoms with van der Waals surface area (Å²) in [7, 11) is -2.00. The number of piperidine rings is 1. The number of rotatable bonds is 3. The topological polar surface area (TPSA) is 55.8 Å². The third-order valence-electron chi connectivity index (χ3n) is 6.95. The van der Waals surface area contributed by atoms with E-state index in [1.54, 1.807) is 0 Å². The van der Waals surface area contributed by atoms with Crippen LogP contribution in [0.3, 0.4) is 0 Å². The fourth-order valence-corrected chi connectivity index (χ4v) is 5.79. The van der Waals surface area contributed by atoms with Crippen LogP contribution in [-0.2, 0) is 14.0 Å². The molecule has 162 valence electrons. The van der Waals surface area contributed by atoms with Crippen LogP contribution in [0.25, 0.3) is 0 Å². The number of ether oxygens (including phenoxy) is 1. The highest BCUT2D eigenvalue weighted by Gasteiger charge is 2.51. The summed E-state index contributed by atoms with van der Waals surface area (Å²) in [5, 5.41) is 0.0942. The number of aldehydes is 1. The van der Waals surface area contributed by atoms with Crippen LogP contribution in [0.4, 0.5) is 4.79 Å². The second-order valence-electron chi connectivity index (χ2n) is 11.2. The molecule has 1 heterocycles. The molecule has 0 aromatic rings. The van der Waals surface area contributed by atoms with Crippen molar-refractivity contribution in [3.63, 3.8) is 0 Å². The lowest BCUT2D eigenvalue weighted by Crippen LogP contribution is -2.63. The molecular weight excluding hydrogens is 370 g/mol. The maximum atomic E-state index is 13.2. The van der Waals surface area contributed by atoms with E-state index in [2.05, 4.69) is 40.8 Å². The quantitative estimate of drug-likeness (QED) is 0.461. The number of hydrogen-bond donors (Lipinski definition) is 0. The van der Waals surface area contributed by atoms with Crippen molar-refractivity contribution >= 4 is 20.7 Å². The molecule has 5 nitrogen and oxygen atoms in total. The Labute approximate surface area is 172 Å². The van der Waals surface area contributed by atoms with Gasteiger partial charge in [0.05, 0.1) is 12.1 Å². The number of hydrogen-bond acceptors (Lipinski definition) is 4. The number of nitrogens with zero attached hydrogens (tertiary/aromatic N) is 1. The third kappa shape index (κ3) is 4.99. The summed E-state index contributed by atoms with van der Waals surface area (Å²) in [5.41, 5.74) is -0.543. The molecule has 0 bridgehead atoms. The van der Waals surface area contributed by atoms with Gasteiger partial charge < -0.3 is 14.0 Å². The SMILES string of the molecule is C[C@H]1[C@H](O[Si](C)(C)C(C)(C)C)C[C@@H]2[C@H](C=O)CCC[C@@H]2N1C(=O)OC(C)(C)C. The molecule has 1 aliphatic heterocycles. The van der Waals surface area contributed by atoms with E-state index >= 15 is 0 Å². The minimum atomic E-state index is -2.00.